The number of benzene rings is 6. The van der Waals surface area contributed by atoms with Crippen molar-refractivity contribution < 1.29 is 0 Å². The quantitative estimate of drug-likeness (QED) is 0.143. The maximum atomic E-state index is 14.3. The lowest BCUT2D eigenvalue weighted by Crippen LogP contribution is -2.40. The molecule has 0 atom stereocenters. The fourth-order valence-corrected chi connectivity index (χ4v) is 7.04. The van der Waals surface area contributed by atoms with Gasteiger partial charge in [0.2, 0.25) is 0 Å². The van der Waals surface area contributed by atoms with Crippen LogP contribution < -0.4 is 16.4 Å². The third kappa shape index (κ3) is 5.16. The van der Waals surface area contributed by atoms with Crippen LogP contribution in [0.2, 0.25) is 0 Å². The molecule has 9 rings (SSSR count). The predicted molar refractivity (Wildman–Crippen MR) is 209 cm³/mol. The van der Waals surface area contributed by atoms with Crippen molar-refractivity contribution in [1.29, 1.82) is 0 Å². The first-order valence-corrected chi connectivity index (χ1v) is 16.8. The molecule has 1 N–H and O–H groups in total. The van der Waals surface area contributed by atoms with Crippen molar-refractivity contribution in [2.75, 3.05) is 5.32 Å². The van der Waals surface area contributed by atoms with E-state index in [0.717, 1.165) is 50.0 Å². The van der Waals surface area contributed by atoms with E-state index in [9.17, 15) is 9.59 Å². The molecule has 0 bridgehead atoms. The third-order valence-electron chi connectivity index (χ3n) is 9.33. The van der Waals surface area contributed by atoms with Gasteiger partial charge in [0.15, 0.2) is 0 Å². The fourth-order valence-electron chi connectivity index (χ4n) is 7.04. The van der Waals surface area contributed by atoms with Gasteiger partial charge in [-0.05, 0) is 84.9 Å². The van der Waals surface area contributed by atoms with Crippen LogP contribution in [0, 0.1) is 11.8 Å². The SMILES string of the molecule is O=c1c(=O)n(-c2ccc3c(c2)c2ccccc2n3-c2ccccc2)c2ccccc2n1-c1ccc(Nc2ccccc2)c(C2=CC=CCC#C2)c1. The minimum absolute atomic E-state index is 0.575. The highest BCUT2D eigenvalue weighted by Gasteiger charge is 2.19. The van der Waals surface area contributed by atoms with E-state index in [2.05, 4.69) is 46.0 Å². The van der Waals surface area contributed by atoms with Crippen molar-refractivity contribution in [3.63, 3.8) is 0 Å². The lowest BCUT2D eigenvalue weighted by molar-refractivity contribution is 0.919. The Balaban J connectivity index is 1.25. The molecule has 1 aliphatic rings. The lowest BCUT2D eigenvalue weighted by atomic mass is 10.0. The molecule has 6 aromatic carbocycles. The highest BCUT2D eigenvalue weighted by Crippen LogP contribution is 2.34. The van der Waals surface area contributed by atoms with Gasteiger partial charge in [0.25, 0.3) is 0 Å². The highest BCUT2D eigenvalue weighted by atomic mass is 16.2. The lowest BCUT2D eigenvalue weighted by Gasteiger charge is -2.18. The molecule has 2 heterocycles. The number of para-hydroxylation sites is 5. The van der Waals surface area contributed by atoms with Gasteiger partial charge in [-0.2, -0.15) is 0 Å². The van der Waals surface area contributed by atoms with Crippen LogP contribution in [0.4, 0.5) is 11.4 Å². The number of hydrogen-bond acceptors (Lipinski definition) is 3. The summed E-state index contributed by atoms with van der Waals surface area (Å²) in [6.45, 7) is 0. The summed E-state index contributed by atoms with van der Waals surface area (Å²) < 4.78 is 5.29. The van der Waals surface area contributed by atoms with Crippen molar-refractivity contribution in [2.45, 2.75) is 6.42 Å². The number of nitrogens with one attached hydrogen (secondary N) is 1. The zero-order valence-electron chi connectivity index (χ0n) is 27.5. The number of hydrogen-bond donors (Lipinski definition) is 1. The summed E-state index contributed by atoms with van der Waals surface area (Å²) in [6.07, 6.45) is 6.64. The molecule has 1 aliphatic carbocycles. The summed E-state index contributed by atoms with van der Waals surface area (Å²) in [4.78, 5) is 28.6. The number of allylic oxidation sites excluding steroid dienone is 4. The number of anilines is 2. The van der Waals surface area contributed by atoms with Gasteiger partial charge < -0.3 is 9.88 Å². The molecule has 8 aromatic rings. The highest BCUT2D eigenvalue weighted by molar-refractivity contribution is 6.10. The number of nitrogens with zero attached hydrogens (tertiary/aromatic N) is 3. The van der Waals surface area contributed by atoms with Crippen LogP contribution in [0.15, 0.2) is 173 Å². The van der Waals surface area contributed by atoms with Crippen LogP contribution in [-0.2, 0) is 0 Å². The van der Waals surface area contributed by atoms with Crippen LogP contribution in [0.1, 0.15) is 12.0 Å². The Bertz CT molecular complexity index is 2900. The summed E-state index contributed by atoms with van der Waals surface area (Å²) in [5, 5.41) is 5.57. The Morgan fingerprint density at radius 3 is 1.88 bits per heavy atom. The smallest absolute Gasteiger partial charge is 0.321 e. The van der Waals surface area contributed by atoms with E-state index in [-0.39, 0.29) is 0 Å². The second kappa shape index (κ2) is 12.4. The van der Waals surface area contributed by atoms with Gasteiger partial charge in [0.05, 0.1) is 33.4 Å². The average molecular weight is 659 g/mol. The van der Waals surface area contributed by atoms with Gasteiger partial charge in [0.1, 0.15) is 0 Å². The molecule has 0 unspecified atom stereocenters. The van der Waals surface area contributed by atoms with Crippen LogP contribution in [0.25, 0.3) is 55.5 Å². The van der Waals surface area contributed by atoms with Crippen LogP contribution >= 0.6 is 0 Å². The summed E-state index contributed by atoms with van der Waals surface area (Å²) in [5.41, 5.74) is 7.70. The van der Waals surface area contributed by atoms with E-state index in [0.29, 0.717) is 28.8 Å². The van der Waals surface area contributed by atoms with Gasteiger partial charge in [0, 0.05) is 45.4 Å². The summed E-state index contributed by atoms with van der Waals surface area (Å²) in [5.74, 6) is 6.49. The Hall–Kier alpha value is -7.10. The molecule has 0 radical (unpaired) electrons. The molecule has 0 fully saturated rings. The molecule has 0 aliphatic heterocycles. The summed E-state index contributed by atoms with van der Waals surface area (Å²) >= 11 is 0. The minimum atomic E-state index is -0.643. The Morgan fingerprint density at radius 2 is 1.14 bits per heavy atom. The van der Waals surface area contributed by atoms with Crippen molar-refractivity contribution >= 4 is 49.8 Å². The number of rotatable bonds is 6. The number of fused-ring (bicyclic) bond motifs is 4. The molecular weight excluding hydrogens is 629 g/mol. The van der Waals surface area contributed by atoms with Gasteiger partial charge in [-0.3, -0.25) is 18.7 Å². The molecule has 2 aromatic heterocycles. The molecule has 0 saturated heterocycles. The van der Waals surface area contributed by atoms with E-state index in [1.54, 1.807) is 4.57 Å². The van der Waals surface area contributed by atoms with Crippen molar-refractivity contribution in [1.82, 2.24) is 13.7 Å². The third-order valence-corrected chi connectivity index (χ3v) is 9.33. The Kier molecular flexibility index (Phi) is 7.30. The van der Waals surface area contributed by atoms with Crippen molar-refractivity contribution in [3.05, 3.63) is 190 Å². The summed E-state index contributed by atoms with van der Waals surface area (Å²) in [6, 6.07) is 47.7. The largest absolute Gasteiger partial charge is 0.355 e. The van der Waals surface area contributed by atoms with Gasteiger partial charge >= 0.3 is 11.1 Å². The van der Waals surface area contributed by atoms with E-state index >= 15 is 0 Å². The second-order valence-corrected chi connectivity index (χ2v) is 12.4. The molecular formula is C45H30N4O2. The molecule has 0 amide bonds. The van der Waals surface area contributed by atoms with E-state index < -0.39 is 11.1 Å². The molecule has 51 heavy (non-hydrogen) atoms. The normalized spacial score (nSPS) is 12.4. The maximum Gasteiger partial charge on any atom is 0.321 e. The monoisotopic (exact) mass is 658 g/mol. The van der Waals surface area contributed by atoms with Crippen molar-refractivity contribution in [3.8, 4) is 28.9 Å². The zero-order valence-corrected chi connectivity index (χ0v) is 27.5. The van der Waals surface area contributed by atoms with Crippen molar-refractivity contribution in [2.24, 2.45) is 0 Å². The maximum absolute atomic E-state index is 14.3. The molecule has 0 saturated carbocycles. The topological polar surface area (TPSA) is 61.0 Å². The molecule has 6 nitrogen and oxygen atoms in total. The Morgan fingerprint density at radius 1 is 0.529 bits per heavy atom. The second-order valence-electron chi connectivity index (χ2n) is 12.4. The molecule has 6 heteroatoms. The zero-order chi connectivity index (χ0) is 34.3. The number of aromatic nitrogens is 3. The Labute approximate surface area is 293 Å². The first kappa shape index (κ1) is 30.0. The first-order valence-electron chi connectivity index (χ1n) is 16.8. The fraction of sp³-hybridized carbons (Fsp3) is 0.0222. The summed E-state index contributed by atoms with van der Waals surface area (Å²) in [7, 11) is 0. The van der Waals surface area contributed by atoms with Gasteiger partial charge in [-0.25, -0.2) is 0 Å². The van der Waals surface area contributed by atoms with Crippen LogP contribution in [0.3, 0.4) is 0 Å². The van der Waals surface area contributed by atoms with Crippen LogP contribution in [0.5, 0.6) is 0 Å². The average Bonchev–Trinajstić information content (AvgIpc) is 3.29. The minimum Gasteiger partial charge on any atom is -0.355 e. The molecule has 242 valence electrons. The van der Waals surface area contributed by atoms with E-state index in [1.165, 1.54) is 4.57 Å². The first-order chi connectivity index (χ1) is 25.2. The molecule has 0 spiro atoms. The standard InChI is InChI=1S/C45H30N4O2/c50-44-45(51)49(35-26-28-41-38(30-35)36-21-11-12-22-40(36)47(41)33-19-9-4-10-20-33)43-24-14-13-23-42(43)48(44)34-25-27-39(46-32-17-7-3-8-18-32)37(29-34)31-15-5-1-2-6-16-31/h1,3-5,7-15,17-30,46H,2H2. The van der Waals surface area contributed by atoms with Gasteiger partial charge in [-0.1, -0.05) is 90.7 Å². The van der Waals surface area contributed by atoms with E-state index in [1.807, 2.05) is 140 Å². The van der Waals surface area contributed by atoms with Gasteiger partial charge in [-0.15, -0.1) is 0 Å². The predicted octanol–water partition coefficient (Wildman–Crippen LogP) is 9.33. The van der Waals surface area contributed by atoms with Crippen LogP contribution in [-0.4, -0.2) is 13.7 Å². The van der Waals surface area contributed by atoms with E-state index in [4.69, 9.17) is 0 Å².